The first-order valence-corrected chi connectivity index (χ1v) is 14.3. The molecule has 2 unspecified atom stereocenters. The molecule has 1 aliphatic carbocycles. The molecule has 0 spiro atoms. The summed E-state index contributed by atoms with van der Waals surface area (Å²) in [4.78, 5) is 12.2. The van der Waals surface area contributed by atoms with Crippen molar-refractivity contribution in [1.82, 2.24) is 0 Å². The van der Waals surface area contributed by atoms with Gasteiger partial charge in [0.05, 0.1) is 22.6 Å². The molecule has 2 nitrogen and oxygen atoms in total. The minimum absolute atomic E-state index is 0.118. The largest absolute Gasteiger partial charge is 0.466 e. The zero-order valence-electron chi connectivity index (χ0n) is 18.6. The van der Waals surface area contributed by atoms with E-state index in [-0.39, 0.29) is 26.6 Å². The number of halogens is 2. The highest BCUT2D eigenvalue weighted by molar-refractivity contribution is 6.58. The van der Waals surface area contributed by atoms with Crippen molar-refractivity contribution in [2.75, 3.05) is 6.61 Å². The number of benzene rings is 2. The Balaban J connectivity index is 0.000000396. The molecule has 0 radical (unpaired) electrons. The third kappa shape index (κ3) is 6.60. The van der Waals surface area contributed by atoms with Gasteiger partial charge in [0, 0.05) is 14.7 Å². The first-order chi connectivity index (χ1) is 14.4. The number of ether oxygens (including phenoxy) is 1. The molecule has 0 fully saturated rings. The smallest absolute Gasteiger partial charge is 0.309 e. The number of carbonyl (C=O) groups is 1. The van der Waals surface area contributed by atoms with Crippen LogP contribution in [-0.4, -0.2) is 21.4 Å². The lowest BCUT2D eigenvalue weighted by Gasteiger charge is -2.31. The van der Waals surface area contributed by atoms with E-state index in [1.54, 1.807) is 0 Å². The summed E-state index contributed by atoms with van der Waals surface area (Å²) in [6, 6.07) is 18.5. The fraction of sp³-hybridized carbons (Fsp3) is 0.480. The van der Waals surface area contributed by atoms with E-state index in [2.05, 4.69) is 32.9 Å². The summed E-state index contributed by atoms with van der Waals surface area (Å²) in [7, 11) is -0.171. The first kappa shape index (κ1) is 25.0. The predicted octanol–water partition coefficient (Wildman–Crippen LogP) is 7.52. The van der Waals surface area contributed by atoms with Gasteiger partial charge in [-0.1, -0.05) is 92.4 Å². The van der Waals surface area contributed by atoms with Crippen LogP contribution in [0.2, 0.25) is 28.2 Å². The normalized spacial score (nSPS) is 17.7. The van der Waals surface area contributed by atoms with Crippen molar-refractivity contribution in [2.45, 2.75) is 64.6 Å². The topological polar surface area (TPSA) is 26.3 Å². The third-order valence-electron chi connectivity index (χ3n) is 6.12. The maximum absolute atomic E-state index is 12.2. The van der Waals surface area contributed by atoms with Gasteiger partial charge in [0.25, 0.3) is 0 Å². The molecule has 0 bridgehead atoms. The van der Waals surface area contributed by atoms with E-state index in [1.807, 2.05) is 37.3 Å². The maximum Gasteiger partial charge on any atom is 0.309 e. The second kappa shape index (κ2) is 12.5. The summed E-state index contributed by atoms with van der Waals surface area (Å²) in [6.07, 6.45) is 1.46. The Kier molecular flexibility index (Phi) is 10.4. The first-order valence-electron chi connectivity index (χ1n) is 11.1. The number of esters is 1. The fourth-order valence-corrected chi connectivity index (χ4v) is 6.21. The highest BCUT2D eigenvalue weighted by Gasteiger charge is 2.32. The molecule has 2 atom stereocenters. The molecule has 2 aromatic rings. The summed E-state index contributed by atoms with van der Waals surface area (Å²) in [5.74, 6) is -0.111. The number of rotatable bonds is 6. The zero-order chi connectivity index (χ0) is 22.1. The molecule has 1 aliphatic rings. The minimum atomic E-state index is -0.171. The van der Waals surface area contributed by atoms with Gasteiger partial charge in [-0.2, -0.15) is 0 Å². The molecular formula is C25H34Cl2O2Si. The molecule has 0 aliphatic heterocycles. The van der Waals surface area contributed by atoms with Crippen LogP contribution in [0.5, 0.6) is 0 Å². The second-order valence-electron chi connectivity index (χ2n) is 7.90. The lowest BCUT2D eigenvalue weighted by atomic mass is 9.74. The van der Waals surface area contributed by atoms with Gasteiger partial charge < -0.3 is 4.74 Å². The monoisotopic (exact) mass is 464 g/mol. The van der Waals surface area contributed by atoms with Crippen LogP contribution in [-0.2, 0) is 16.0 Å². The molecule has 164 valence electrons. The molecule has 2 aromatic carbocycles. The van der Waals surface area contributed by atoms with Gasteiger partial charge in [0.2, 0.25) is 0 Å². The molecule has 0 saturated heterocycles. The van der Waals surface area contributed by atoms with Crippen LogP contribution in [0.1, 0.15) is 56.7 Å². The van der Waals surface area contributed by atoms with Crippen LogP contribution in [0.4, 0.5) is 0 Å². The van der Waals surface area contributed by atoms with Crippen LogP contribution in [0.3, 0.4) is 0 Å². The van der Waals surface area contributed by atoms with Crippen molar-refractivity contribution in [3.8, 4) is 0 Å². The van der Waals surface area contributed by atoms with Crippen molar-refractivity contribution in [1.29, 1.82) is 0 Å². The highest BCUT2D eigenvalue weighted by atomic mass is 35.5. The van der Waals surface area contributed by atoms with Gasteiger partial charge in [-0.25, -0.2) is 0 Å². The van der Waals surface area contributed by atoms with Gasteiger partial charge >= 0.3 is 5.97 Å². The molecule has 30 heavy (non-hydrogen) atoms. The number of hydrogen-bond donors (Lipinski definition) is 0. The van der Waals surface area contributed by atoms with Crippen LogP contribution in [0.25, 0.3) is 0 Å². The van der Waals surface area contributed by atoms with E-state index in [0.29, 0.717) is 16.7 Å². The van der Waals surface area contributed by atoms with Crippen molar-refractivity contribution < 1.29 is 9.53 Å². The Hall–Kier alpha value is -1.29. The molecule has 0 N–H and O–H groups in total. The Labute approximate surface area is 193 Å². The Morgan fingerprint density at radius 1 is 1.00 bits per heavy atom. The van der Waals surface area contributed by atoms with Gasteiger partial charge in [-0.3, -0.25) is 4.79 Å². The molecule has 3 rings (SSSR count). The van der Waals surface area contributed by atoms with Crippen molar-refractivity contribution in [3.63, 3.8) is 0 Å². The molecule has 5 heteroatoms. The standard InChI is InChI=1S/C19H18Cl2O2.C6H16Si/c1-2-23-19(22)14-9-12-5-3-4-6-15(12)16(10-14)13-7-8-17(20)18(21)11-13;1-4-7(5-2)6-3/h3-8,11,14,16H,2,9-10H2,1H3;7H,4-6H2,1-3H3. The van der Waals surface area contributed by atoms with E-state index >= 15 is 0 Å². The second-order valence-corrected chi connectivity index (χ2v) is 12.9. The van der Waals surface area contributed by atoms with Gasteiger partial charge in [0.15, 0.2) is 0 Å². The number of fused-ring (bicyclic) bond motifs is 1. The highest BCUT2D eigenvalue weighted by Crippen LogP contribution is 2.41. The van der Waals surface area contributed by atoms with Crippen LogP contribution in [0.15, 0.2) is 42.5 Å². The summed E-state index contributed by atoms with van der Waals surface area (Å²) in [6.45, 7) is 9.22. The fourth-order valence-electron chi connectivity index (χ4n) is 4.17. The summed E-state index contributed by atoms with van der Waals surface area (Å²) >= 11 is 12.2. The van der Waals surface area contributed by atoms with Gasteiger partial charge in [0.1, 0.15) is 0 Å². The average molecular weight is 466 g/mol. The zero-order valence-corrected chi connectivity index (χ0v) is 21.3. The van der Waals surface area contributed by atoms with Crippen molar-refractivity contribution in [2.24, 2.45) is 5.92 Å². The van der Waals surface area contributed by atoms with E-state index in [0.717, 1.165) is 18.4 Å². The molecule has 0 amide bonds. The van der Waals surface area contributed by atoms with Gasteiger partial charge in [-0.15, -0.1) is 0 Å². The lowest BCUT2D eigenvalue weighted by molar-refractivity contribution is -0.148. The molecule has 0 saturated carbocycles. The van der Waals surface area contributed by atoms with Crippen LogP contribution < -0.4 is 0 Å². The summed E-state index contributed by atoms with van der Waals surface area (Å²) < 4.78 is 5.24. The number of carbonyl (C=O) groups excluding carboxylic acids is 1. The number of hydrogen-bond acceptors (Lipinski definition) is 2. The minimum Gasteiger partial charge on any atom is -0.466 e. The molecule has 0 heterocycles. The third-order valence-corrected chi connectivity index (χ3v) is 10.3. The van der Waals surface area contributed by atoms with E-state index < -0.39 is 0 Å². The Bertz CT molecular complexity index is 815. The summed E-state index contributed by atoms with van der Waals surface area (Å²) in [5, 5.41) is 1.08. The van der Waals surface area contributed by atoms with E-state index in [1.165, 1.54) is 29.3 Å². The average Bonchev–Trinajstić information content (AvgIpc) is 2.77. The lowest BCUT2D eigenvalue weighted by Crippen LogP contribution is -2.27. The SMILES string of the molecule is CCOC(=O)C1Cc2ccccc2C(c2ccc(Cl)c(Cl)c2)C1.CC[SiH](CC)CC. The van der Waals surface area contributed by atoms with E-state index in [4.69, 9.17) is 27.9 Å². The predicted molar refractivity (Wildman–Crippen MR) is 132 cm³/mol. The van der Waals surface area contributed by atoms with Crippen LogP contribution >= 0.6 is 23.2 Å². The quantitative estimate of drug-likeness (QED) is 0.326. The summed E-state index contributed by atoms with van der Waals surface area (Å²) in [5.41, 5.74) is 3.54. The molecular weight excluding hydrogens is 431 g/mol. The Morgan fingerprint density at radius 2 is 1.67 bits per heavy atom. The van der Waals surface area contributed by atoms with Crippen molar-refractivity contribution in [3.05, 3.63) is 69.2 Å². The van der Waals surface area contributed by atoms with Gasteiger partial charge in [-0.05, 0) is 48.6 Å². The van der Waals surface area contributed by atoms with E-state index in [9.17, 15) is 4.79 Å². The Morgan fingerprint density at radius 3 is 2.23 bits per heavy atom. The maximum atomic E-state index is 12.2. The van der Waals surface area contributed by atoms with Crippen LogP contribution in [0, 0.1) is 5.92 Å². The van der Waals surface area contributed by atoms with Crippen molar-refractivity contribution >= 4 is 38.0 Å². The molecule has 0 aromatic heterocycles.